The van der Waals surface area contributed by atoms with Gasteiger partial charge in [0, 0.05) is 52.4 Å². The van der Waals surface area contributed by atoms with Crippen molar-refractivity contribution in [1.82, 2.24) is 19.8 Å². The zero-order valence-electron chi connectivity index (χ0n) is 14.8. The van der Waals surface area contributed by atoms with Crippen molar-refractivity contribution in [2.24, 2.45) is 10.2 Å². The lowest BCUT2D eigenvalue weighted by atomic mass is 10.1. The van der Waals surface area contributed by atoms with Crippen molar-refractivity contribution < 1.29 is 0 Å². The van der Waals surface area contributed by atoms with Crippen LogP contribution in [-0.2, 0) is 0 Å². The van der Waals surface area contributed by atoms with Crippen LogP contribution in [0.3, 0.4) is 0 Å². The first-order valence-corrected chi connectivity index (χ1v) is 8.74. The molecule has 2 saturated heterocycles. The molecule has 0 bridgehead atoms. The van der Waals surface area contributed by atoms with Gasteiger partial charge in [-0.1, -0.05) is 18.2 Å². The van der Waals surface area contributed by atoms with Crippen LogP contribution in [0.5, 0.6) is 0 Å². The summed E-state index contributed by atoms with van der Waals surface area (Å²) in [5, 5.41) is 13.5. The molecule has 130 valence electrons. The maximum atomic E-state index is 4.61. The van der Waals surface area contributed by atoms with Crippen molar-refractivity contribution >= 4 is 12.4 Å². The number of likely N-dealkylation sites (N-methyl/N-ethyl adjacent to an activating group) is 2. The minimum Gasteiger partial charge on any atom is -0.303 e. The van der Waals surface area contributed by atoms with E-state index in [0.29, 0.717) is 0 Å². The number of rotatable bonds is 4. The maximum Gasteiger partial charge on any atom is 0.0543 e. The number of piperazine rings is 2. The standard InChI is InChI=1S/C18H28N6/c1-21-6-10-23(11-7-21)19-15-17-4-3-5-18(14-17)16-20-24-12-8-22(2)9-13-24/h3-5,14-16H,6-13H2,1-2H3/b19-15-,20-16-. The van der Waals surface area contributed by atoms with Crippen LogP contribution in [0.2, 0.25) is 0 Å². The molecule has 0 atom stereocenters. The molecule has 2 aliphatic heterocycles. The Bertz CT molecular complexity index is 521. The smallest absolute Gasteiger partial charge is 0.0543 e. The highest BCUT2D eigenvalue weighted by Crippen LogP contribution is 2.05. The second kappa shape index (κ2) is 8.26. The molecule has 2 heterocycles. The van der Waals surface area contributed by atoms with Crippen LogP contribution in [0.15, 0.2) is 34.5 Å². The lowest BCUT2D eigenvalue weighted by Crippen LogP contribution is -2.41. The number of benzene rings is 1. The first kappa shape index (κ1) is 16.9. The van der Waals surface area contributed by atoms with Crippen LogP contribution in [-0.4, -0.2) is 98.7 Å². The Hall–Kier alpha value is -1.92. The van der Waals surface area contributed by atoms with Gasteiger partial charge >= 0.3 is 0 Å². The Morgan fingerprint density at radius 3 is 1.54 bits per heavy atom. The van der Waals surface area contributed by atoms with Crippen LogP contribution in [0.1, 0.15) is 11.1 Å². The Kier molecular flexibility index (Phi) is 5.82. The first-order chi connectivity index (χ1) is 11.7. The zero-order chi connectivity index (χ0) is 16.8. The third-order valence-electron chi connectivity index (χ3n) is 4.61. The topological polar surface area (TPSA) is 37.7 Å². The zero-order valence-corrected chi connectivity index (χ0v) is 14.8. The van der Waals surface area contributed by atoms with Gasteiger partial charge in [0.25, 0.3) is 0 Å². The molecule has 0 spiro atoms. The van der Waals surface area contributed by atoms with E-state index in [4.69, 9.17) is 0 Å². The minimum atomic E-state index is 0.998. The van der Waals surface area contributed by atoms with Gasteiger partial charge in [0.15, 0.2) is 0 Å². The summed E-state index contributed by atoms with van der Waals surface area (Å²) < 4.78 is 0. The molecule has 0 aliphatic carbocycles. The average Bonchev–Trinajstić information content (AvgIpc) is 2.61. The molecule has 0 aromatic heterocycles. The molecule has 3 rings (SSSR count). The van der Waals surface area contributed by atoms with Crippen molar-refractivity contribution in [1.29, 1.82) is 0 Å². The Labute approximate surface area is 145 Å². The van der Waals surface area contributed by atoms with E-state index in [1.165, 1.54) is 0 Å². The van der Waals surface area contributed by atoms with E-state index in [1.54, 1.807) is 0 Å². The summed E-state index contributed by atoms with van der Waals surface area (Å²) in [5.41, 5.74) is 2.24. The molecule has 0 amide bonds. The first-order valence-electron chi connectivity index (χ1n) is 8.74. The summed E-state index contributed by atoms with van der Waals surface area (Å²) in [7, 11) is 4.31. The average molecular weight is 328 g/mol. The van der Waals surface area contributed by atoms with Crippen molar-refractivity contribution in [2.75, 3.05) is 66.5 Å². The molecule has 0 unspecified atom stereocenters. The lowest BCUT2D eigenvalue weighted by Gasteiger charge is -2.30. The summed E-state index contributed by atoms with van der Waals surface area (Å²) in [6.45, 7) is 8.30. The van der Waals surface area contributed by atoms with E-state index in [0.717, 1.165) is 63.5 Å². The summed E-state index contributed by atoms with van der Waals surface area (Å²) in [4.78, 5) is 4.67. The Morgan fingerprint density at radius 2 is 1.12 bits per heavy atom. The second-order valence-corrected chi connectivity index (χ2v) is 6.67. The van der Waals surface area contributed by atoms with Crippen LogP contribution in [0.25, 0.3) is 0 Å². The molecule has 6 heteroatoms. The van der Waals surface area contributed by atoms with Gasteiger partial charge in [0.2, 0.25) is 0 Å². The fourth-order valence-corrected chi connectivity index (χ4v) is 2.84. The third kappa shape index (κ3) is 5.04. The van der Waals surface area contributed by atoms with E-state index in [9.17, 15) is 0 Å². The van der Waals surface area contributed by atoms with Crippen LogP contribution in [0.4, 0.5) is 0 Å². The maximum absolute atomic E-state index is 4.61. The summed E-state index contributed by atoms with van der Waals surface area (Å²) in [5.74, 6) is 0. The van der Waals surface area contributed by atoms with E-state index in [2.05, 4.69) is 68.4 Å². The van der Waals surface area contributed by atoms with Crippen LogP contribution in [0, 0.1) is 0 Å². The highest BCUT2D eigenvalue weighted by molar-refractivity contribution is 5.85. The normalized spacial score (nSPS) is 21.2. The number of hydrazone groups is 2. The molecule has 1 aromatic carbocycles. The molecule has 0 N–H and O–H groups in total. The van der Waals surface area contributed by atoms with Gasteiger partial charge in [-0.25, -0.2) is 0 Å². The molecule has 24 heavy (non-hydrogen) atoms. The van der Waals surface area contributed by atoms with Crippen LogP contribution < -0.4 is 0 Å². The van der Waals surface area contributed by atoms with E-state index in [1.807, 2.05) is 12.4 Å². The monoisotopic (exact) mass is 328 g/mol. The van der Waals surface area contributed by atoms with Gasteiger partial charge in [-0.2, -0.15) is 10.2 Å². The van der Waals surface area contributed by atoms with Gasteiger partial charge in [0.05, 0.1) is 12.4 Å². The fraction of sp³-hybridized carbons (Fsp3) is 0.556. The predicted molar refractivity (Wildman–Crippen MR) is 99.8 cm³/mol. The molecule has 1 aromatic rings. The van der Waals surface area contributed by atoms with Gasteiger partial charge in [-0.15, -0.1) is 0 Å². The summed E-state index contributed by atoms with van der Waals surface area (Å²) in [6.07, 6.45) is 3.91. The third-order valence-corrected chi connectivity index (χ3v) is 4.61. The van der Waals surface area contributed by atoms with E-state index < -0.39 is 0 Å². The fourth-order valence-electron chi connectivity index (χ4n) is 2.84. The SMILES string of the molecule is CN1CCN(/N=C\c2cccc(/C=N\N3CCN(C)CC3)c2)CC1. The second-order valence-electron chi connectivity index (χ2n) is 6.67. The van der Waals surface area contributed by atoms with Gasteiger partial charge < -0.3 is 9.80 Å². The summed E-state index contributed by atoms with van der Waals surface area (Å²) >= 11 is 0. The van der Waals surface area contributed by atoms with E-state index in [-0.39, 0.29) is 0 Å². The van der Waals surface area contributed by atoms with Crippen molar-refractivity contribution in [2.45, 2.75) is 0 Å². The highest BCUT2D eigenvalue weighted by Gasteiger charge is 2.11. The van der Waals surface area contributed by atoms with Crippen molar-refractivity contribution in [3.63, 3.8) is 0 Å². The molecule has 0 saturated carbocycles. The number of hydrogen-bond donors (Lipinski definition) is 0. The van der Waals surface area contributed by atoms with E-state index >= 15 is 0 Å². The minimum absolute atomic E-state index is 0.998. The summed E-state index contributed by atoms with van der Waals surface area (Å²) in [6, 6.07) is 8.38. The largest absolute Gasteiger partial charge is 0.303 e. The predicted octanol–water partition coefficient (Wildman–Crippen LogP) is 0.849. The Balaban J connectivity index is 1.55. The molecular weight excluding hydrogens is 300 g/mol. The van der Waals surface area contributed by atoms with Gasteiger partial charge in [-0.05, 0) is 31.3 Å². The molecule has 2 aliphatic rings. The van der Waals surface area contributed by atoms with Crippen LogP contribution >= 0.6 is 0 Å². The van der Waals surface area contributed by atoms with Crippen molar-refractivity contribution in [3.8, 4) is 0 Å². The molecule has 2 fully saturated rings. The quantitative estimate of drug-likeness (QED) is 0.768. The Morgan fingerprint density at radius 1 is 0.708 bits per heavy atom. The van der Waals surface area contributed by atoms with Gasteiger partial charge in [-0.3, -0.25) is 10.0 Å². The molecular formula is C18H28N6. The van der Waals surface area contributed by atoms with Crippen molar-refractivity contribution in [3.05, 3.63) is 35.4 Å². The molecule has 0 radical (unpaired) electrons. The van der Waals surface area contributed by atoms with Gasteiger partial charge in [0.1, 0.15) is 0 Å². The number of hydrogen-bond acceptors (Lipinski definition) is 6. The number of nitrogens with zero attached hydrogens (tertiary/aromatic N) is 6. The lowest BCUT2D eigenvalue weighted by molar-refractivity contribution is 0.159. The highest BCUT2D eigenvalue weighted by atomic mass is 15.5. The molecule has 6 nitrogen and oxygen atoms in total.